The minimum Gasteiger partial charge on any atom is -0.495 e. The number of anilines is 2. The molecule has 1 aliphatic rings. The molecule has 1 saturated heterocycles. The number of amides is 1. The first kappa shape index (κ1) is 17.6. The fourth-order valence-corrected chi connectivity index (χ4v) is 4.48. The summed E-state index contributed by atoms with van der Waals surface area (Å²) < 4.78 is 30.3. The highest BCUT2D eigenvalue weighted by atomic mass is 35.5. The Morgan fingerprint density at radius 2 is 1.92 bits per heavy atom. The highest BCUT2D eigenvalue weighted by molar-refractivity contribution is 7.93. The Hall–Kier alpha value is -2.25. The zero-order chi connectivity index (χ0) is 18.0. The van der Waals surface area contributed by atoms with Gasteiger partial charge in [0.15, 0.2) is 0 Å². The molecule has 3 rings (SSSR count). The average Bonchev–Trinajstić information content (AvgIpc) is 2.94. The lowest BCUT2D eigenvalue weighted by Gasteiger charge is -2.17. The van der Waals surface area contributed by atoms with E-state index >= 15 is 0 Å². The van der Waals surface area contributed by atoms with Crippen LogP contribution < -0.4 is 14.4 Å². The van der Waals surface area contributed by atoms with E-state index < -0.39 is 10.0 Å². The van der Waals surface area contributed by atoms with E-state index in [1.165, 1.54) is 11.4 Å². The summed E-state index contributed by atoms with van der Waals surface area (Å²) in [5.74, 6) is 0.376. The van der Waals surface area contributed by atoms with Crippen molar-refractivity contribution in [2.24, 2.45) is 0 Å². The first-order valence-corrected chi connectivity index (χ1v) is 9.65. The van der Waals surface area contributed by atoms with E-state index in [0.717, 1.165) is 0 Å². The van der Waals surface area contributed by atoms with Crippen LogP contribution in [-0.4, -0.2) is 33.7 Å². The summed E-state index contributed by atoms with van der Waals surface area (Å²) >= 11 is 6.04. The van der Waals surface area contributed by atoms with Crippen molar-refractivity contribution in [2.75, 3.05) is 29.0 Å². The van der Waals surface area contributed by atoms with Crippen molar-refractivity contribution in [3.63, 3.8) is 0 Å². The Kier molecular flexibility index (Phi) is 4.87. The summed E-state index contributed by atoms with van der Waals surface area (Å²) in [5, 5.41) is 3.14. The van der Waals surface area contributed by atoms with Crippen molar-refractivity contribution in [3.8, 4) is 5.75 Å². The number of nitrogens with one attached hydrogen (secondary N) is 1. The summed E-state index contributed by atoms with van der Waals surface area (Å²) in [6.45, 7) is 0.470. The van der Waals surface area contributed by atoms with Crippen LogP contribution in [0.2, 0.25) is 5.02 Å². The molecule has 0 bridgehead atoms. The molecule has 8 heteroatoms. The maximum atomic E-state index is 12.3. The zero-order valence-electron chi connectivity index (χ0n) is 13.5. The molecule has 2 aromatic rings. The molecule has 0 saturated carbocycles. The Morgan fingerprint density at radius 3 is 2.48 bits per heavy atom. The van der Waals surface area contributed by atoms with Crippen molar-refractivity contribution >= 4 is 38.9 Å². The normalized spacial score (nSPS) is 15.8. The lowest BCUT2D eigenvalue weighted by molar-refractivity contribution is 0.102. The number of halogens is 1. The van der Waals surface area contributed by atoms with Crippen LogP contribution in [0.3, 0.4) is 0 Å². The van der Waals surface area contributed by atoms with Gasteiger partial charge in [-0.2, -0.15) is 0 Å². The largest absolute Gasteiger partial charge is 0.495 e. The Bertz CT molecular complexity index is 897. The minimum absolute atomic E-state index is 0.160. The topological polar surface area (TPSA) is 75.7 Å². The fourth-order valence-electron chi connectivity index (χ4n) is 2.66. The van der Waals surface area contributed by atoms with E-state index in [2.05, 4.69) is 5.32 Å². The highest BCUT2D eigenvalue weighted by Gasteiger charge is 2.28. The summed E-state index contributed by atoms with van der Waals surface area (Å²) in [7, 11) is -1.71. The van der Waals surface area contributed by atoms with Gasteiger partial charge in [0.05, 0.1) is 23.6 Å². The van der Waals surface area contributed by atoms with Gasteiger partial charge in [-0.15, -0.1) is 0 Å². The third kappa shape index (κ3) is 3.72. The Balaban J connectivity index is 1.74. The number of ether oxygens (including phenoxy) is 1. The van der Waals surface area contributed by atoms with Crippen LogP contribution in [0.15, 0.2) is 42.5 Å². The van der Waals surface area contributed by atoms with Crippen molar-refractivity contribution in [1.82, 2.24) is 0 Å². The van der Waals surface area contributed by atoms with E-state index in [9.17, 15) is 13.2 Å². The molecule has 1 amide bonds. The van der Waals surface area contributed by atoms with Gasteiger partial charge in [-0.25, -0.2) is 8.42 Å². The van der Waals surface area contributed by atoms with Crippen LogP contribution in [0.25, 0.3) is 0 Å². The monoisotopic (exact) mass is 380 g/mol. The standard InChI is InChI=1S/C17H17ClN2O4S/c1-24-16-8-5-13(11-15(16)18)19-17(21)12-3-6-14(7-4-12)20-9-2-10-25(20,22)23/h3-8,11H,2,9-10H2,1H3,(H,19,21). The van der Waals surface area contributed by atoms with Crippen molar-refractivity contribution in [2.45, 2.75) is 6.42 Å². The quantitative estimate of drug-likeness (QED) is 0.884. The number of methoxy groups -OCH3 is 1. The molecule has 0 unspecified atom stereocenters. The van der Waals surface area contributed by atoms with Crippen LogP contribution in [0.4, 0.5) is 11.4 Å². The second-order valence-corrected chi connectivity index (χ2v) is 8.01. The number of sulfonamides is 1. The highest BCUT2D eigenvalue weighted by Crippen LogP contribution is 2.28. The van der Waals surface area contributed by atoms with Crippen LogP contribution in [0.1, 0.15) is 16.8 Å². The molecule has 1 aliphatic heterocycles. The molecular weight excluding hydrogens is 364 g/mol. The first-order chi connectivity index (χ1) is 11.9. The maximum absolute atomic E-state index is 12.3. The van der Waals surface area contributed by atoms with Gasteiger partial charge >= 0.3 is 0 Å². The number of hydrogen-bond donors (Lipinski definition) is 1. The number of rotatable bonds is 4. The average molecular weight is 381 g/mol. The van der Waals surface area contributed by atoms with Crippen molar-refractivity contribution in [1.29, 1.82) is 0 Å². The molecule has 0 spiro atoms. The van der Waals surface area contributed by atoms with Gasteiger partial charge in [0.1, 0.15) is 5.75 Å². The minimum atomic E-state index is -3.23. The zero-order valence-corrected chi connectivity index (χ0v) is 15.1. The fraction of sp³-hybridized carbons (Fsp3) is 0.235. The first-order valence-electron chi connectivity index (χ1n) is 7.66. The Morgan fingerprint density at radius 1 is 1.20 bits per heavy atom. The van der Waals surface area contributed by atoms with Gasteiger partial charge in [-0.05, 0) is 48.9 Å². The molecule has 6 nitrogen and oxygen atoms in total. The number of carbonyl (C=O) groups is 1. The molecule has 1 heterocycles. The van der Waals surface area contributed by atoms with E-state index in [-0.39, 0.29) is 11.7 Å². The summed E-state index contributed by atoms with van der Waals surface area (Å²) in [4.78, 5) is 12.3. The van der Waals surface area contributed by atoms with Crippen LogP contribution >= 0.6 is 11.6 Å². The van der Waals surface area contributed by atoms with Gasteiger partial charge in [0.2, 0.25) is 10.0 Å². The predicted octanol–water partition coefficient (Wildman–Crippen LogP) is 3.14. The molecule has 0 aromatic heterocycles. The molecule has 0 aliphatic carbocycles. The summed E-state index contributed by atoms with van der Waals surface area (Å²) in [6.07, 6.45) is 0.614. The maximum Gasteiger partial charge on any atom is 0.255 e. The molecule has 0 atom stereocenters. The van der Waals surface area contributed by atoms with Gasteiger partial charge in [-0.3, -0.25) is 9.10 Å². The molecule has 25 heavy (non-hydrogen) atoms. The SMILES string of the molecule is COc1ccc(NC(=O)c2ccc(N3CCCS3(=O)=O)cc2)cc1Cl. The molecule has 2 aromatic carbocycles. The number of hydrogen-bond acceptors (Lipinski definition) is 4. The third-order valence-electron chi connectivity index (χ3n) is 3.93. The Labute approximate surface area is 151 Å². The van der Waals surface area contributed by atoms with E-state index in [0.29, 0.717) is 40.7 Å². The summed E-state index contributed by atoms with van der Waals surface area (Å²) in [5.41, 5.74) is 1.54. The van der Waals surface area contributed by atoms with E-state index in [1.807, 2.05) is 0 Å². The van der Waals surface area contributed by atoms with Gasteiger partial charge in [0, 0.05) is 17.8 Å². The molecule has 1 N–H and O–H groups in total. The number of nitrogens with zero attached hydrogens (tertiary/aromatic N) is 1. The second kappa shape index (κ2) is 6.93. The van der Waals surface area contributed by atoms with Crippen LogP contribution in [-0.2, 0) is 10.0 Å². The van der Waals surface area contributed by atoms with Gasteiger partial charge < -0.3 is 10.1 Å². The molecule has 132 valence electrons. The lowest BCUT2D eigenvalue weighted by atomic mass is 10.2. The number of carbonyl (C=O) groups excluding carboxylic acids is 1. The second-order valence-electron chi connectivity index (χ2n) is 5.59. The smallest absolute Gasteiger partial charge is 0.255 e. The third-order valence-corrected chi connectivity index (χ3v) is 6.09. The van der Waals surface area contributed by atoms with E-state index in [4.69, 9.17) is 16.3 Å². The van der Waals surface area contributed by atoms with Gasteiger partial charge in [-0.1, -0.05) is 11.6 Å². The number of benzene rings is 2. The van der Waals surface area contributed by atoms with Crippen molar-refractivity contribution < 1.29 is 17.9 Å². The molecular formula is C17H17ClN2O4S. The van der Waals surface area contributed by atoms with Crippen LogP contribution in [0, 0.1) is 0 Å². The molecule has 1 fully saturated rings. The van der Waals surface area contributed by atoms with Crippen molar-refractivity contribution in [3.05, 3.63) is 53.1 Å². The lowest BCUT2D eigenvalue weighted by Crippen LogP contribution is -2.25. The van der Waals surface area contributed by atoms with E-state index in [1.54, 1.807) is 42.5 Å². The van der Waals surface area contributed by atoms with Crippen LogP contribution in [0.5, 0.6) is 5.75 Å². The predicted molar refractivity (Wildman–Crippen MR) is 98.1 cm³/mol. The molecule has 0 radical (unpaired) electrons. The van der Waals surface area contributed by atoms with Gasteiger partial charge in [0.25, 0.3) is 5.91 Å². The summed E-state index contributed by atoms with van der Waals surface area (Å²) in [6, 6.07) is 11.4.